The smallest absolute Gasteiger partial charge is 0.161 e. The van der Waals surface area contributed by atoms with Crippen molar-refractivity contribution in [1.82, 2.24) is 0 Å². The molecule has 1 N–H and O–H groups in total. The second-order valence-corrected chi connectivity index (χ2v) is 0.971. The van der Waals surface area contributed by atoms with Crippen LogP contribution in [0.2, 0.25) is 0 Å². The van der Waals surface area contributed by atoms with E-state index in [4.69, 9.17) is 9.90 Å². The topological polar surface area (TPSA) is 55.8 Å². The van der Waals surface area contributed by atoms with Gasteiger partial charge in [-0.1, -0.05) is 0 Å². The largest absolute Gasteiger partial charge is 0.557 e. The molecule has 0 radical (unpaired) electrons. The Labute approximate surface area is 82.1 Å². The molecular formula is C6H13O4W-3. The van der Waals surface area contributed by atoms with Gasteiger partial charge in [0.1, 0.15) is 0 Å². The molecule has 0 heterocycles. The third-order valence-electron chi connectivity index (χ3n) is 0. The summed E-state index contributed by atoms with van der Waals surface area (Å²) in [5.41, 5.74) is 0. The minimum Gasteiger partial charge on any atom is -0.557 e. The Morgan fingerprint density at radius 2 is 1.27 bits per heavy atom. The molecule has 0 amide bonds. The van der Waals surface area contributed by atoms with Gasteiger partial charge in [0.2, 0.25) is 0 Å². The van der Waals surface area contributed by atoms with Crippen LogP contribution in [0.25, 0.3) is 0 Å². The molecule has 0 aromatic carbocycles. The molecule has 0 fully saturated rings. The third-order valence-corrected chi connectivity index (χ3v) is 0. The molecule has 4 nitrogen and oxygen atoms in total. The van der Waals surface area contributed by atoms with Crippen LogP contribution in [0.1, 0.15) is 0 Å². The Balaban J connectivity index is -0.0000000325. The van der Waals surface area contributed by atoms with Crippen molar-refractivity contribution in [2.24, 2.45) is 0 Å². The van der Waals surface area contributed by atoms with Crippen LogP contribution >= 0.6 is 0 Å². The summed E-state index contributed by atoms with van der Waals surface area (Å²) >= 11 is 0. The van der Waals surface area contributed by atoms with Gasteiger partial charge in [-0.2, -0.15) is 0 Å². The van der Waals surface area contributed by atoms with Gasteiger partial charge in [-0.3, -0.25) is 11.7 Å². The Kier molecular flexibility index (Phi) is 66.4. The molecule has 0 aliphatic carbocycles. The molecule has 0 atom stereocenters. The zero-order valence-electron chi connectivity index (χ0n) is 6.70. The fourth-order valence-electron chi connectivity index (χ4n) is 0. The van der Waals surface area contributed by atoms with Crippen molar-refractivity contribution in [2.75, 3.05) is 14.2 Å². The van der Waals surface area contributed by atoms with Crippen LogP contribution in [0.15, 0.2) is 0 Å². The van der Waals surface area contributed by atoms with Crippen molar-refractivity contribution >= 4 is 5.97 Å². The molecule has 11 heavy (non-hydrogen) atoms. The van der Waals surface area contributed by atoms with E-state index in [0.717, 1.165) is 0 Å². The minimum atomic E-state index is -1.08. The van der Waals surface area contributed by atoms with Crippen LogP contribution in [-0.4, -0.2) is 25.3 Å². The quantitative estimate of drug-likeness (QED) is 0.665. The molecule has 0 saturated heterocycles. The van der Waals surface area contributed by atoms with Gasteiger partial charge in [0, 0.05) is 21.1 Å². The number of hydrogen-bond donors (Lipinski definition) is 1. The maximum absolute atomic E-state index is 8.89. The Hall–Kier alpha value is -0.0517. The SMILES string of the molecule is [CH2-]C(=O)O.[CH2-]OC.[CH2-]OC.[W]. The third kappa shape index (κ3) is 235000. The summed E-state index contributed by atoms with van der Waals surface area (Å²) in [6.45, 7) is 2.56. The maximum atomic E-state index is 8.89. The predicted molar refractivity (Wildman–Crippen MR) is 37.7 cm³/mol. The summed E-state index contributed by atoms with van der Waals surface area (Å²) in [6.07, 6.45) is 0. The first-order valence-corrected chi connectivity index (χ1v) is 2.18. The van der Waals surface area contributed by atoms with Crippen LogP contribution in [0, 0.1) is 21.1 Å². The van der Waals surface area contributed by atoms with E-state index in [9.17, 15) is 0 Å². The van der Waals surface area contributed by atoms with Gasteiger partial charge >= 0.3 is 0 Å². The minimum absolute atomic E-state index is 0. The van der Waals surface area contributed by atoms with Crippen LogP contribution in [0.3, 0.4) is 0 Å². The van der Waals surface area contributed by atoms with Crippen molar-refractivity contribution in [2.45, 2.75) is 0 Å². The van der Waals surface area contributed by atoms with Crippen molar-refractivity contribution in [3.63, 3.8) is 0 Å². The summed E-state index contributed by atoms with van der Waals surface area (Å²) in [5, 5.41) is 7.31. The molecule has 0 aromatic heterocycles. The molecular weight excluding hydrogens is 320 g/mol. The molecule has 0 spiro atoms. The van der Waals surface area contributed by atoms with Crippen LogP contribution in [0.4, 0.5) is 0 Å². The second-order valence-electron chi connectivity index (χ2n) is 0.971. The molecule has 70 valence electrons. The molecule has 0 rings (SSSR count). The first-order valence-electron chi connectivity index (χ1n) is 2.18. The van der Waals surface area contributed by atoms with E-state index in [2.05, 4.69) is 30.6 Å². The monoisotopic (exact) mass is 333 g/mol. The van der Waals surface area contributed by atoms with Crippen LogP contribution < -0.4 is 0 Å². The number of rotatable bonds is 0. The van der Waals surface area contributed by atoms with E-state index < -0.39 is 5.97 Å². The van der Waals surface area contributed by atoms with Gasteiger partial charge in [-0.15, -0.1) is 0 Å². The van der Waals surface area contributed by atoms with E-state index in [1.807, 2.05) is 0 Å². The van der Waals surface area contributed by atoms with Gasteiger partial charge < -0.3 is 14.6 Å². The number of ether oxygens (including phenoxy) is 2. The fourth-order valence-corrected chi connectivity index (χ4v) is 0. The molecule has 0 bridgehead atoms. The average Bonchev–Trinajstić information content (AvgIpc) is 1.65. The fraction of sp³-hybridized carbons (Fsp3) is 0.333. The number of aliphatic carboxylic acids is 1. The number of carboxylic acids is 1. The predicted octanol–water partition coefficient (Wildman–Crippen LogP) is 0.751. The van der Waals surface area contributed by atoms with E-state index in [1.165, 1.54) is 14.2 Å². The van der Waals surface area contributed by atoms with Crippen molar-refractivity contribution in [3.05, 3.63) is 21.1 Å². The number of hydrogen-bond acceptors (Lipinski definition) is 3. The molecule has 0 aliphatic heterocycles. The number of carbonyl (C=O) groups is 1. The van der Waals surface area contributed by atoms with E-state index in [0.29, 0.717) is 0 Å². The van der Waals surface area contributed by atoms with Gasteiger partial charge in [0.15, 0.2) is 5.97 Å². The normalized spacial score (nSPS) is 5.45. The molecule has 0 aromatic rings. The maximum Gasteiger partial charge on any atom is 0.161 e. The summed E-state index contributed by atoms with van der Waals surface area (Å²) in [7, 11) is 9.00. The Morgan fingerprint density at radius 3 is 1.27 bits per heavy atom. The Morgan fingerprint density at radius 1 is 1.27 bits per heavy atom. The van der Waals surface area contributed by atoms with Gasteiger partial charge in [0.05, 0.1) is 0 Å². The van der Waals surface area contributed by atoms with Crippen molar-refractivity contribution in [3.8, 4) is 0 Å². The summed E-state index contributed by atoms with van der Waals surface area (Å²) in [4.78, 5) is 8.89. The zero-order valence-corrected chi connectivity index (χ0v) is 9.63. The summed E-state index contributed by atoms with van der Waals surface area (Å²) in [6, 6.07) is 0. The summed E-state index contributed by atoms with van der Waals surface area (Å²) < 4.78 is 8.00. The van der Waals surface area contributed by atoms with E-state index in [-0.39, 0.29) is 21.1 Å². The zero-order chi connectivity index (χ0) is 8.99. The van der Waals surface area contributed by atoms with Crippen molar-refractivity contribution in [1.29, 1.82) is 0 Å². The molecule has 0 aliphatic rings. The number of methoxy groups -OCH3 is 2. The van der Waals surface area contributed by atoms with Crippen molar-refractivity contribution < 1.29 is 40.4 Å². The van der Waals surface area contributed by atoms with Crippen LogP contribution in [0.5, 0.6) is 0 Å². The van der Waals surface area contributed by atoms with Gasteiger partial charge in [0.25, 0.3) is 0 Å². The molecule has 0 unspecified atom stereocenters. The first kappa shape index (κ1) is 22.4. The number of carboxylic acid groups (broad SMARTS) is 1. The van der Waals surface area contributed by atoms with E-state index >= 15 is 0 Å². The standard InChI is InChI=1S/C2H3O2.2C2H5O.W/c1-2(3)4;2*1-3-2;/h1H2,(H,3,4);2*1H2,2H3;/q3*-1;. The average molecular weight is 333 g/mol. The second kappa shape index (κ2) is 32.5. The molecule has 0 saturated carbocycles. The summed E-state index contributed by atoms with van der Waals surface area (Å²) in [5.74, 6) is -1.08. The van der Waals surface area contributed by atoms with E-state index in [1.54, 1.807) is 0 Å². The molecule has 5 heteroatoms. The van der Waals surface area contributed by atoms with Gasteiger partial charge in [-0.05, 0) is 14.2 Å². The van der Waals surface area contributed by atoms with Gasteiger partial charge in [-0.25, -0.2) is 14.2 Å². The Bertz CT molecular complexity index is 52.5. The van der Waals surface area contributed by atoms with Crippen LogP contribution in [-0.2, 0) is 35.3 Å². The first-order chi connectivity index (χ1) is 4.56.